The van der Waals surface area contributed by atoms with E-state index in [1.807, 2.05) is 13.8 Å². The zero-order chi connectivity index (χ0) is 8.43. The first kappa shape index (κ1) is 7.78. The fourth-order valence-corrected chi connectivity index (χ4v) is 0.887. The van der Waals surface area contributed by atoms with E-state index in [9.17, 15) is 9.90 Å². The van der Waals surface area contributed by atoms with Gasteiger partial charge in [-0.25, -0.2) is 0 Å². The van der Waals surface area contributed by atoms with Crippen LogP contribution in [0.25, 0.3) is 0 Å². The fourth-order valence-electron chi connectivity index (χ4n) is 0.887. The number of hydrogen-bond acceptors (Lipinski definition) is 3. The summed E-state index contributed by atoms with van der Waals surface area (Å²) in [5.74, 6) is -1.18. The lowest BCUT2D eigenvalue weighted by molar-refractivity contribution is -0.255. The summed E-state index contributed by atoms with van der Waals surface area (Å²) < 4.78 is 1.41. The van der Waals surface area contributed by atoms with Crippen molar-refractivity contribution in [3.05, 3.63) is 18.0 Å². The molecular formula is C7H9N2O2-. The summed E-state index contributed by atoms with van der Waals surface area (Å²) in [5.41, 5.74) is 0.125. The predicted molar refractivity (Wildman–Crippen MR) is 36.9 cm³/mol. The molecule has 0 atom stereocenters. The summed E-state index contributed by atoms with van der Waals surface area (Å²) in [5, 5.41) is 14.2. The molecule has 4 heteroatoms. The highest BCUT2D eigenvalue weighted by molar-refractivity contribution is 5.83. The van der Waals surface area contributed by atoms with Crippen LogP contribution in [0.4, 0.5) is 0 Å². The molecule has 0 aliphatic heterocycles. The molecule has 0 fully saturated rings. The van der Waals surface area contributed by atoms with Crippen molar-refractivity contribution in [3.8, 4) is 0 Å². The molecule has 0 amide bonds. The van der Waals surface area contributed by atoms with Gasteiger partial charge >= 0.3 is 0 Å². The Hall–Kier alpha value is -1.32. The third kappa shape index (κ3) is 1.39. The van der Waals surface area contributed by atoms with Gasteiger partial charge < -0.3 is 9.90 Å². The van der Waals surface area contributed by atoms with Crippen LogP contribution in [0.2, 0.25) is 0 Å². The Bertz CT molecular complexity index is 265. The van der Waals surface area contributed by atoms with Gasteiger partial charge in [-0.3, -0.25) is 4.68 Å². The minimum atomic E-state index is -1.18. The first-order valence-electron chi connectivity index (χ1n) is 3.37. The minimum absolute atomic E-state index is 0.0536. The Labute approximate surface area is 64.5 Å². The number of nitrogens with zero attached hydrogens (tertiary/aromatic N) is 2. The molecule has 1 aromatic heterocycles. The Morgan fingerprint density at radius 1 is 1.73 bits per heavy atom. The molecule has 0 unspecified atom stereocenters. The second-order valence-corrected chi connectivity index (χ2v) is 2.54. The predicted octanol–water partition coefficient (Wildman–Crippen LogP) is -0.173. The number of carbonyl (C=O) groups is 1. The highest BCUT2D eigenvalue weighted by atomic mass is 16.4. The number of carboxylic acid groups (broad SMARTS) is 1. The molecule has 0 saturated heterocycles. The van der Waals surface area contributed by atoms with Crippen molar-refractivity contribution in [2.75, 3.05) is 0 Å². The van der Waals surface area contributed by atoms with Crippen LogP contribution >= 0.6 is 0 Å². The van der Waals surface area contributed by atoms with Crippen LogP contribution in [-0.2, 0) is 0 Å². The monoisotopic (exact) mass is 153 g/mol. The lowest BCUT2D eigenvalue weighted by Gasteiger charge is -2.10. The van der Waals surface area contributed by atoms with Crippen molar-refractivity contribution in [3.63, 3.8) is 0 Å². The van der Waals surface area contributed by atoms with Gasteiger partial charge in [0, 0.05) is 12.2 Å². The third-order valence-corrected chi connectivity index (χ3v) is 1.37. The van der Waals surface area contributed by atoms with E-state index in [4.69, 9.17) is 0 Å². The Balaban J connectivity index is 3.06. The zero-order valence-corrected chi connectivity index (χ0v) is 6.44. The summed E-state index contributed by atoms with van der Waals surface area (Å²) in [6.07, 6.45) is 1.45. The van der Waals surface area contributed by atoms with Crippen molar-refractivity contribution in [1.29, 1.82) is 0 Å². The molecule has 1 heterocycles. The first-order chi connectivity index (χ1) is 5.13. The Kier molecular flexibility index (Phi) is 1.94. The number of carboxylic acids is 1. The molecular weight excluding hydrogens is 144 g/mol. The smallest absolute Gasteiger partial charge is 0.0896 e. The lowest BCUT2D eigenvalue weighted by Crippen LogP contribution is -2.26. The van der Waals surface area contributed by atoms with Gasteiger partial charge in [0.15, 0.2) is 0 Å². The highest BCUT2D eigenvalue weighted by Gasteiger charge is 2.04. The maximum atomic E-state index is 10.4. The first-order valence-corrected chi connectivity index (χ1v) is 3.37. The average Bonchev–Trinajstić information content (AvgIpc) is 2.32. The van der Waals surface area contributed by atoms with Crippen LogP contribution < -0.4 is 5.11 Å². The highest BCUT2D eigenvalue weighted by Crippen LogP contribution is 2.05. The molecule has 0 aliphatic rings. The summed E-state index contributed by atoms with van der Waals surface area (Å²) in [6.45, 7) is 3.72. The zero-order valence-electron chi connectivity index (χ0n) is 6.44. The maximum Gasteiger partial charge on any atom is 0.0896 e. The molecule has 0 radical (unpaired) electrons. The van der Waals surface area contributed by atoms with E-state index in [0.717, 1.165) is 0 Å². The third-order valence-electron chi connectivity index (χ3n) is 1.37. The molecule has 0 saturated carbocycles. The van der Waals surface area contributed by atoms with Gasteiger partial charge in [0.05, 0.1) is 11.7 Å². The standard InChI is InChI=1S/C7H10N2O2/c1-5(2)9-6(7(10)11)3-4-8-9/h3-5H,1-2H3,(H,10,11)/p-1. The largest absolute Gasteiger partial charge is 0.543 e. The second kappa shape index (κ2) is 2.74. The summed E-state index contributed by atoms with van der Waals surface area (Å²) in [4.78, 5) is 10.4. The van der Waals surface area contributed by atoms with E-state index in [-0.39, 0.29) is 11.7 Å². The molecule has 0 spiro atoms. The number of aromatic carboxylic acids is 1. The molecule has 1 rings (SSSR count). The van der Waals surface area contributed by atoms with E-state index in [0.29, 0.717) is 0 Å². The van der Waals surface area contributed by atoms with Gasteiger partial charge in [-0.05, 0) is 19.9 Å². The minimum Gasteiger partial charge on any atom is -0.543 e. The van der Waals surface area contributed by atoms with Gasteiger partial charge in [-0.1, -0.05) is 0 Å². The maximum absolute atomic E-state index is 10.4. The molecule has 60 valence electrons. The van der Waals surface area contributed by atoms with Gasteiger partial charge in [-0.15, -0.1) is 0 Å². The van der Waals surface area contributed by atoms with Crippen LogP contribution in [0, 0.1) is 0 Å². The summed E-state index contributed by atoms with van der Waals surface area (Å²) >= 11 is 0. The quantitative estimate of drug-likeness (QED) is 0.592. The number of rotatable bonds is 2. The molecule has 0 bridgehead atoms. The molecule has 0 aromatic carbocycles. The SMILES string of the molecule is CC(C)n1nccc1C(=O)[O-]. The average molecular weight is 153 g/mol. The summed E-state index contributed by atoms with van der Waals surface area (Å²) in [6, 6.07) is 1.48. The Morgan fingerprint density at radius 2 is 2.36 bits per heavy atom. The van der Waals surface area contributed by atoms with Crippen LogP contribution in [0.3, 0.4) is 0 Å². The van der Waals surface area contributed by atoms with Gasteiger partial charge in [0.1, 0.15) is 0 Å². The second-order valence-electron chi connectivity index (χ2n) is 2.54. The van der Waals surface area contributed by atoms with Crippen molar-refractivity contribution in [1.82, 2.24) is 9.78 Å². The number of aromatic nitrogens is 2. The van der Waals surface area contributed by atoms with Gasteiger partial charge in [-0.2, -0.15) is 5.10 Å². The molecule has 11 heavy (non-hydrogen) atoms. The number of hydrogen-bond donors (Lipinski definition) is 0. The van der Waals surface area contributed by atoms with Gasteiger partial charge in [0.2, 0.25) is 0 Å². The van der Waals surface area contributed by atoms with Crippen molar-refractivity contribution < 1.29 is 9.90 Å². The van der Waals surface area contributed by atoms with E-state index >= 15 is 0 Å². The Morgan fingerprint density at radius 3 is 2.73 bits per heavy atom. The van der Waals surface area contributed by atoms with Crippen LogP contribution in [-0.4, -0.2) is 15.7 Å². The molecule has 0 N–H and O–H groups in total. The van der Waals surface area contributed by atoms with Crippen LogP contribution in [0.5, 0.6) is 0 Å². The van der Waals surface area contributed by atoms with E-state index in [2.05, 4.69) is 5.10 Å². The van der Waals surface area contributed by atoms with Crippen molar-refractivity contribution in [2.45, 2.75) is 19.9 Å². The van der Waals surface area contributed by atoms with Gasteiger partial charge in [0.25, 0.3) is 0 Å². The lowest BCUT2D eigenvalue weighted by atomic mass is 10.3. The molecule has 1 aromatic rings. The number of carbonyl (C=O) groups excluding carboxylic acids is 1. The summed E-state index contributed by atoms with van der Waals surface area (Å²) in [7, 11) is 0. The van der Waals surface area contributed by atoms with E-state index in [1.54, 1.807) is 0 Å². The normalized spacial score (nSPS) is 10.5. The fraction of sp³-hybridized carbons (Fsp3) is 0.429. The molecule has 0 aliphatic carbocycles. The van der Waals surface area contributed by atoms with Crippen molar-refractivity contribution >= 4 is 5.97 Å². The molecule has 4 nitrogen and oxygen atoms in total. The van der Waals surface area contributed by atoms with E-state index in [1.165, 1.54) is 16.9 Å². The van der Waals surface area contributed by atoms with E-state index < -0.39 is 5.97 Å². The topological polar surface area (TPSA) is 58.0 Å². The van der Waals surface area contributed by atoms with Crippen molar-refractivity contribution in [2.24, 2.45) is 0 Å². The van der Waals surface area contributed by atoms with Crippen LogP contribution in [0.15, 0.2) is 12.3 Å². The van der Waals surface area contributed by atoms with Crippen LogP contribution in [0.1, 0.15) is 30.4 Å².